The van der Waals surface area contributed by atoms with Crippen LogP contribution in [0.4, 0.5) is 15.8 Å². The third-order valence-electron chi connectivity index (χ3n) is 3.37. The molecule has 0 unspecified atom stereocenters. The van der Waals surface area contributed by atoms with Gasteiger partial charge in [-0.15, -0.1) is 0 Å². The standard InChI is InChI=1S/C18H19ClFN3O2/c1-12(24)21-13-5-3-6-14(9-13)22-18(25)11-23(2)10-15-16(19)7-4-8-17(15)20/h3-9H,10-11H2,1-2H3,(H,21,24)(H,22,25). The number of nitrogens with zero attached hydrogens (tertiary/aromatic N) is 1. The van der Waals surface area contributed by atoms with Crippen LogP contribution in [0.25, 0.3) is 0 Å². The molecule has 0 saturated heterocycles. The third kappa shape index (κ3) is 5.85. The van der Waals surface area contributed by atoms with Crippen molar-refractivity contribution in [3.8, 4) is 0 Å². The fourth-order valence-electron chi connectivity index (χ4n) is 2.33. The van der Waals surface area contributed by atoms with Crippen LogP contribution in [0.15, 0.2) is 42.5 Å². The van der Waals surface area contributed by atoms with Crippen LogP contribution in [-0.4, -0.2) is 30.3 Å². The summed E-state index contributed by atoms with van der Waals surface area (Å²) < 4.78 is 13.8. The van der Waals surface area contributed by atoms with E-state index in [9.17, 15) is 14.0 Å². The first-order valence-electron chi connectivity index (χ1n) is 7.64. The first kappa shape index (κ1) is 18.9. The van der Waals surface area contributed by atoms with Crippen molar-refractivity contribution in [2.24, 2.45) is 0 Å². The van der Waals surface area contributed by atoms with Crippen LogP contribution in [-0.2, 0) is 16.1 Å². The summed E-state index contributed by atoms with van der Waals surface area (Å²) >= 11 is 6.00. The van der Waals surface area contributed by atoms with E-state index in [1.54, 1.807) is 42.3 Å². The number of hydrogen-bond acceptors (Lipinski definition) is 3. The highest BCUT2D eigenvalue weighted by molar-refractivity contribution is 6.31. The summed E-state index contributed by atoms with van der Waals surface area (Å²) in [5, 5.41) is 5.72. The number of nitrogens with one attached hydrogen (secondary N) is 2. The first-order valence-corrected chi connectivity index (χ1v) is 8.02. The number of hydrogen-bond donors (Lipinski definition) is 2. The SMILES string of the molecule is CC(=O)Nc1cccc(NC(=O)CN(C)Cc2c(F)cccc2Cl)c1. The average molecular weight is 364 g/mol. The molecule has 2 aromatic carbocycles. The number of benzene rings is 2. The van der Waals surface area contributed by atoms with E-state index in [4.69, 9.17) is 11.6 Å². The van der Waals surface area contributed by atoms with Gasteiger partial charge in [0.15, 0.2) is 0 Å². The van der Waals surface area contributed by atoms with Crippen LogP contribution in [0.5, 0.6) is 0 Å². The summed E-state index contributed by atoms with van der Waals surface area (Å²) in [6, 6.07) is 11.3. The molecule has 0 heterocycles. The lowest BCUT2D eigenvalue weighted by Crippen LogP contribution is -2.30. The van der Waals surface area contributed by atoms with Crippen molar-refractivity contribution in [1.29, 1.82) is 0 Å². The second-order valence-electron chi connectivity index (χ2n) is 5.68. The largest absolute Gasteiger partial charge is 0.326 e. The fraction of sp³-hybridized carbons (Fsp3) is 0.222. The van der Waals surface area contributed by atoms with Crippen molar-refractivity contribution >= 4 is 34.8 Å². The van der Waals surface area contributed by atoms with Gasteiger partial charge in [-0.2, -0.15) is 0 Å². The van der Waals surface area contributed by atoms with Gasteiger partial charge < -0.3 is 10.6 Å². The van der Waals surface area contributed by atoms with Gasteiger partial charge in [0.05, 0.1) is 6.54 Å². The number of halogens is 2. The molecule has 0 saturated carbocycles. The molecule has 0 aromatic heterocycles. The Morgan fingerprint density at radius 3 is 2.40 bits per heavy atom. The summed E-state index contributed by atoms with van der Waals surface area (Å²) in [4.78, 5) is 24.9. The van der Waals surface area contributed by atoms with E-state index in [1.807, 2.05) is 0 Å². The van der Waals surface area contributed by atoms with Gasteiger partial charge >= 0.3 is 0 Å². The normalized spacial score (nSPS) is 10.6. The van der Waals surface area contributed by atoms with E-state index < -0.39 is 5.82 Å². The lowest BCUT2D eigenvalue weighted by molar-refractivity contribution is -0.117. The number of anilines is 2. The molecule has 0 aliphatic heterocycles. The van der Waals surface area contributed by atoms with Gasteiger partial charge in [-0.05, 0) is 37.4 Å². The average Bonchev–Trinajstić information content (AvgIpc) is 2.50. The Morgan fingerprint density at radius 2 is 1.76 bits per heavy atom. The Bertz CT molecular complexity index is 762. The van der Waals surface area contributed by atoms with Crippen LogP contribution in [0.2, 0.25) is 5.02 Å². The zero-order valence-electron chi connectivity index (χ0n) is 14.0. The maximum atomic E-state index is 13.8. The molecular weight excluding hydrogens is 345 g/mol. The fourth-order valence-corrected chi connectivity index (χ4v) is 2.56. The summed E-state index contributed by atoms with van der Waals surface area (Å²) in [7, 11) is 1.70. The molecule has 0 bridgehead atoms. The Hall–Kier alpha value is -2.44. The van der Waals surface area contributed by atoms with Gasteiger partial charge in [0.1, 0.15) is 5.82 Å². The molecule has 25 heavy (non-hydrogen) atoms. The predicted molar refractivity (Wildman–Crippen MR) is 97.1 cm³/mol. The molecule has 2 rings (SSSR count). The summed E-state index contributed by atoms with van der Waals surface area (Å²) in [5.41, 5.74) is 1.51. The maximum Gasteiger partial charge on any atom is 0.238 e. The van der Waals surface area contributed by atoms with E-state index in [0.29, 0.717) is 22.0 Å². The van der Waals surface area contributed by atoms with Gasteiger partial charge in [-0.25, -0.2) is 4.39 Å². The molecule has 7 heteroatoms. The van der Waals surface area contributed by atoms with Gasteiger partial charge in [-0.3, -0.25) is 14.5 Å². The van der Waals surface area contributed by atoms with E-state index in [2.05, 4.69) is 10.6 Å². The Morgan fingerprint density at radius 1 is 1.12 bits per heavy atom. The number of carbonyl (C=O) groups excluding carboxylic acids is 2. The maximum absolute atomic E-state index is 13.8. The van der Waals surface area contributed by atoms with Gasteiger partial charge in [0.25, 0.3) is 0 Å². The molecule has 0 fully saturated rings. The highest BCUT2D eigenvalue weighted by Crippen LogP contribution is 2.20. The van der Waals surface area contributed by atoms with E-state index >= 15 is 0 Å². The Kier molecular flexibility index (Phi) is 6.50. The molecule has 0 aliphatic rings. The monoisotopic (exact) mass is 363 g/mol. The minimum absolute atomic E-state index is 0.0645. The van der Waals surface area contributed by atoms with Crippen LogP contribution in [0.1, 0.15) is 12.5 Å². The molecule has 2 N–H and O–H groups in total. The number of likely N-dealkylation sites (N-methyl/N-ethyl adjacent to an activating group) is 1. The lowest BCUT2D eigenvalue weighted by atomic mass is 10.2. The van der Waals surface area contributed by atoms with Crippen LogP contribution in [0.3, 0.4) is 0 Å². The highest BCUT2D eigenvalue weighted by atomic mass is 35.5. The molecule has 0 atom stereocenters. The molecule has 132 valence electrons. The topological polar surface area (TPSA) is 61.4 Å². The van der Waals surface area contributed by atoms with Crippen molar-refractivity contribution in [2.75, 3.05) is 24.2 Å². The van der Waals surface area contributed by atoms with Crippen molar-refractivity contribution in [1.82, 2.24) is 4.90 Å². The molecule has 5 nitrogen and oxygen atoms in total. The van der Waals surface area contributed by atoms with E-state index in [0.717, 1.165) is 0 Å². The molecule has 2 aromatic rings. The number of carbonyl (C=O) groups is 2. The Balaban J connectivity index is 1.94. The van der Waals surface area contributed by atoms with E-state index in [-0.39, 0.29) is 24.9 Å². The molecule has 0 radical (unpaired) electrons. The first-order chi connectivity index (χ1) is 11.8. The minimum atomic E-state index is -0.400. The van der Waals surface area contributed by atoms with Crippen molar-refractivity contribution < 1.29 is 14.0 Å². The van der Waals surface area contributed by atoms with E-state index in [1.165, 1.54) is 19.1 Å². The quantitative estimate of drug-likeness (QED) is 0.825. The minimum Gasteiger partial charge on any atom is -0.326 e. The molecule has 2 amide bonds. The second-order valence-corrected chi connectivity index (χ2v) is 6.09. The van der Waals surface area contributed by atoms with Crippen molar-refractivity contribution in [3.05, 3.63) is 58.9 Å². The summed E-state index contributed by atoms with van der Waals surface area (Å²) in [5.74, 6) is -0.845. The highest BCUT2D eigenvalue weighted by Gasteiger charge is 2.13. The van der Waals surface area contributed by atoms with Gasteiger partial charge in [-0.1, -0.05) is 23.7 Å². The van der Waals surface area contributed by atoms with Crippen molar-refractivity contribution in [3.63, 3.8) is 0 Å². The molecule has 0 spiro atoms. The Labute approximate surface area is 150 Å². The third-order valence-corrected chi connectivity index (χ3v) is 3.72. The predicted octanol–water partition coefficient (Wildman–Crippen LogP) is 3.51. The number of rotatable bonds is 6. The second kappa shape index (κ2) is 8.60. The summed E-state index contributed by atoms with van der Waals surface area (Å²) in [6.45, 7) is 1.69. The van der Waals surface area contributed by atoms with Crippen LogP contribution in [0, 0.1) is 5.82 Å². The van der Waals surface area contributed by atoms with Crippen LogP contribution >= 0.6 is 11.6 Å². The van der Waals surface area contributed by atoms with Gasteiger partial charge in [0, 0.05) is 35.4 Å². The molecule has 0 aliphatic carbocycles. The lowest BCUT2D eigenvalue weighted by Gasteiger charge is -2.17. The van der Waals surface area contributed by atoms with Gasteiger partial charge in [0.2, 0.25) is 11.8 Å². The smallest absolute Gasteiger partial charge is 0.238 e. The zero-order valence-corrected chi connectivity index (χ0v) is 14.7. The summed E-state index contributed by atoms with van der Waals surface area (Å²) in [6.07, 6.45) is 0. The molecular formula is C18H19ClFN3O2. The number of amides is 2. The van der Waals surface area contributed by atoms with Crippen molar-refractivity contribution in [2.45, 2.75) is 13.5 Å². The van der Waals surface area contributed by atoms with Crippen LogP contribution < -0.4 is 10.6 Å². The zero-order chi connectivity index (χ0) is 18.4.